The van der Waals surface area contributed by atoms with E-state index in [1.807, 2.05) is 22.8 Å². The minimum atomic E-state index is -2.60. The Bertz CT molecular complexity index is 814. The van der Waals surface area contributed by atoms with Crippen molar-refractivity contribution in [3.8, 4) is 17.1 Å². The van der Waals surface area contributed by atoms with Gasteiger partial charge in [-0.3, -0.25) is 9.69 Å². The van der Waals surface area contributed by atoms with Crippen LogP contribution in [0.5, 0.6) is 5.75 Å². The normalized spacial score (nSPS) is 19.9. The number of carbonyl (C=O) groups is 1. The number of aromatic nitrogens is 2. The number of carbonyl (C=O) groups excluding carboxylic acids is 1. The van der Waals surface area contributed by atoms with E-state index >= 15 is 0 Å². The summed E-state index contributed by atoms with van der Waals surface area (Å²) in [7, 11) is 0. The second-order valence-corrected chi connectivity index (χ2v) is 7.34. The monoisotopic (exact) mass is 415 g/mol. The Balaban J connectivity index is 1.79. The van der Waals surface area contributed by atoms with Crippen LogP contribution in [0.2, 0.25) is 0 Å². The number of hydrogen-bond acceptors (Lipinski definition) is 4. The molecule has 1 aromatic heterocycles. The maximum atomic E-state index is 13.2. The lowest BCUT2D eigenvalue weighted by Gasteiger charge is -2.20. The molecule has 126 valence electrons. The fourth-order valence-electron chi connectivity index (χ4n) is 2.84. The van der Waals surface area contributed by atoms with Gasteiger partial charge in [0.15, 0.2) is 5.82 Å². The number of fused-ring (bicyclic) bond motifs is 3. The van der Waals surface area contributed by atoms with E-state index in [9.17, 15) is 13.6 Å². The van der Waals surface area contributed by atoms with Crippen LogP contribution in [-0.4, -0.2) is 39.6 Å². The van der Waals surface area contributed by atoms with Gasteiger partial charge in [-0.05, 0) is 18.2 Å². The highest BCUT2D eigenvalue weighted by Crippen LogP contribution is 2.38. The van der Waals surface area contributed by atoms with Crippen molar-refractivity contribution in [2.75, 3.05) is 17.3 Å². The number of anilines is 1. The zero-order chi connectivity index (χ0) is 16.8. The molecule has 4 rings (SSSR count). The maximum absolute atomic E-state index is 13.2. The summed E-state index contributed by atoms with van der Waals surface area (Å²) >= 11 is 4.30. The standard InChI is InChI=1S/C15H12BrF2N3O2S/c16-8-1-2-9-11(5-8)23-4-3-20-6-12(19-14(9)20)21-10(13(17)18)7-24-15(21)22/h1-2,5-6,10,13H,3-4,7H2/t10-/m0/s1. The van der Waals surface area contributed by atoms with Crippen LogP contribution in [-0.2, 0) is 6.54 Å². The first-order chi connectivity index (χ1) is 11.5. The van der Waals surface area contributed by atoms with Gasteiger partial charge in [-0.2, -0.15) is 0 Å². The van der Waals surface area contributed by atoms with E-state index in [1.165, 1.54) is 0 Å². The van der Waals surface area contributed by atoms with Gasteiger partial charge >= 0.3 is 0 Å². The lowest BCUT2D eigenvalue weighted by atomic mass is 10.2. The molecule has 9 heteroatoms. The molecule has 2 aromatic rings. The van der Waals surface area contributed by atoms with Crippen molar-refractivity contribution in [3.63, 3.8) is 0 Å². The summed E-state index contributed by atoms with van der Waals surface area (Å²) in [6.07, 6.45) is -0.952. The topological polar surface area (TPSA) is 47.4 Å². The first-order valence-corrected chi connectivity index (χ1v) is 9.06. The van der Waals surface area contributed by atoms with Crippen molar-refractivity contribution < 1.29 is 18.3 Å². The van der Waals surface area contributed by atoms with E-state index in [0.717, 1.165) is 26.7 Å². The molecule has 0 spiro atoms. The number of ether oxygens (including phenoxy) is 1. The average Bonchev–Trinajstić information content (AvgIpc) is 3.07. The maximum Gasteiger partial charge on any atom is 0.287 e. The minimum absolute atomic E-state index is 0.0747. The molecular weight excluding hydrogens is 404 g/mol. The number of benzene rings is 1. The number of rotatable bonds is 2. The zero-order valence-corrected chi connectivity index (χ0v) is 14.7. The lowest BCUT2D eigenvalue weighted by Crippen LogP contribution is -2.38. The summed E-state index contributed by atoms with van der Waals surface area (Å²) in [6, 6.07) is 4.43. The first kappa shape index (κ1) is 15.9. The van der Waals surface area contributed by atoms with E-state index in [0.29, 0.717) is 24.7 Å². The highest BCUT2D eigenvalue weighted by Gasteiger charge is 2.40. The van der Waals surface area contributed by atoms with Crippen molar-refractivity contribution in [2.45, 2.75) is 19.0 Å². The number of amides is 1. The summed E-state index contributed by atoms with van der Waals surface area (Å²) in [5, 5.41) is -0.388. The van der Waals surface area contributed by atoms with Crippen LogP contribution >= 0.6 is 27.7 Å². The van der Waals surface area contributed by atoms with Crippen LogP contribution in [0.4, 0.5) is 19.4 Å². The van der Waals surface area contributed by atoms with E-state index in [1.54, 1.807) is 6.20 Å². The number of hydrogen-bond donors (Lipinski definition) is 0. The molecule has 2 aliphatic heterocycles. The number of halogens is 3. The third-order valence-corrected chi connectivity index (χ3v) is 5.43. The molecule has 0 aliphatic carbocycles. The summed E-state index contributed by atoms with van der Waals surface area (Å²) in [4.78, 5) is 17.6. The number of nitrogens with zero attached hydrogens (tertiary/aromatic N) is 3. The molecular formula is C15H12BrF2N3O2S. The second kappa shape index (κ2) is 6.03. The molecule has 1 saturated heterocycles. The smallest absolute Gasteiger partial charge is 0.287 e. The van der Waals surface area contributed by atoms with Crippen LogP contribution in [0.1, 0.15) is 0 Å². The molecule has 0 bridgehead atoms. The quantitative estimate of drug-likeness (QED) is 0.743. The summed E-state index contributed by atoms with van der Waals surface area (Å²) in [6.45, 7) is 0.969. The lowest BCUT2D eigenvalue weighted by molar-refractivity contribution is 0.124. The molecule has 1 atom stereocenters. The first-order valence-electron chi connectivity index (χ1n) is 7.28. The molecule has 1 fully saturated rings. The average molecular weight is 416 g/mol. The Kier molecular flexibility index (Phi) is 4.00. The summed E-state index contributed by atoms with van der Waals surface area (Å²) in [5.74, 6) is 1.63. The van der Waals surface area contributed by atoms with Crippen LogP contribution in [0.3, 0.4) is 0 Å². The highest BCUT2D eigenvalue weighted by molar-refractivity contribution is 9.10. The fraction of sp³-hybridized carbons (Fsp3) is 0.333. The van der Waals surface area contributed by atoms with Crippen LogP contribution in [0.25, 0.3) is 11.4 Å². The number of alkyl halides is 2. The molecule has 0 radical (unpaired) electrons. The van der Waals surface area contributed by atoms with E-state index in [-0.39, 0.29) is 16.8 Å². The molecule has 0 unspecified atom stereocenters. The largest absolute Gasteiger partial charge is 0.491 e. The summed E-state index contributed by atoms with van der Waals surface area (Å²) in [5.41, 5.74) is 0.773. The van der Waals surface area contributed by atoms with Crippen molar-refractivity contribution in [1.29, 1.82) is 0 Å². The Labute approximate surface area is 149 Å². The van der Waals surface area contributed by atoms with E-state index < -0.39 is 12.5 Å². The van der Waals surface area contributed by atoms with Gasteiger partial charge in [0, 0.05) is 16.4 Å². The van der Waals surface area contributed by atoms with Gasteiger partial charge in [0.25, 0.3) is 11.7 Å². The third kappa shape index (κ3) is 2.59. The second-order valence-electron chi connectivity index (χ2n) is 5.45. The van der Waals surface area contributed by atoms with Gasteiger partial charge in [0.1, 0.15) is 24.2 Å². The molecule has 24 heavy (non-hydrogen) atoms. The molecule has 0 saturated carbocycles. The molecule has 0 N–H and O–H groups in total. The zero-order valence-electron chi connectivity index (χ0n) is 12.3. The Morgan fingerprint density at radius 2 is 2.25 bits per heavy atom. The minimum Gasteiger partial charge on any atom is -0.491 e. The molecule has 2 aliphatic rings. The fourth-order valence-corrected chi connectivity index (χ4v) is 4.16. The van der Waals surface area contributed by atoms with Gasteiger partial charge in [-0.1, -0.05) is 27.7 Å². The number of imidazole rings is 1. The summed E-state index contributed by atoms with van der Waals surface area (Å²) < 4.78 is 34.9. The number of thioether (sulfide) groups is 1. The highest BCUT2D eigenvalue weighted by atomic mass is 79.9. The van der Waals surface area contributed by atoms with E-state index in [2.05, 4.69) is 20.9 Å². The Hall–Kier alpha value is -1.61. The van der Waals surface area contributed by atoms with Crippen molar-refractivity contribution in [1.82, 2.24) is 9.55 Å². The Morgan fingerprint density at radius 1 is 1.42 bits per heavy atom. The van der Waals surface area contributed by atoms with Gasteiger partial charge in [0.2, 0.25) is 0 Å². The van der Waals surface area contributed by atoms with Crippen LogP contribution < -0.4 is 9.64 Å². The predicted octanol–water partition coefficient (Wildman–Crippen LogP) is 4.01. The van der Waals surface area contributed by atoms with Crippen LogP contribution in [0.15, 0.2) is 28.9 Å². The predicted molar refractivity (Wildman–Crippen MR) is 91.0 cm³/mol. The third-order valence-electron chi connectivity index (χ3n) is 3.98. The SMILES string of the molecule is O=C1SC[C@@H](C(F)F)N1c1cn2c(n1)-c1ccc(Br)cc1OCC2. The van der Waals surface area contributed by atoms with Crippen molar-refractivity contribution in [2.24, 2.45) is 0 Å². The van der Waals surface area contributed by atoms with Gasteiger partial charge < -0.3 is 9.30 Å². The van der Waals surface area contributed by atoms with Crippen molar-refractivity contribution >= 4 is 38.7 Å². The van der Waals surface area contributed by atoms with Crippen LogP contribution in [0, 0.1) is 0 Å². The molecule has 1 amide bonds. The van der Waals surface area contributed by atoms with Gasteiger partial charge in [-0.15, -0.1) is 0 Å². The van der Waals surface area contributed by atoms with Gasteiger partial charge in [-0.25, -0.2) is 13.8 Å². The van der Waals surface area contributed by atoms with Gasteiger partial charge in [0.05, 0.1) is 12.1 Å². The Morgan fingerprint density at radius 3 is 3.04 bits per heavy atom. The van der Waals surface area contributed by atoms with Crippen molar-refractivity contribution in [3.05, 3.63) is 28.9 Å². The molecule has 5 nitrogen and oxygen atoms in total. The molecule has 3 heterocycles. The van der Waals surface area contributed by atoms with E-state index in [4.69, 9.17) is 4.74 Å². The molecule has 1 aromatic carbocycles.